The van der Waals surface area contributed by atoms with Gasteiger partial charge in [0.2, 0.25) is 0 Å². The maximum atomic E-state index is 10.8. The Hall–Kier alpha value is -2.08. The standard InChI is InChI=1S/C15H13BrN2O3/c16-12-6-10-4-5-21-15(10)11(7-12)9-17-13-2-1-3-14(8-13)18(19)20/h1-3,6-8,17H,4-5,9H2. The summed E-state index contributed by atoms with van der Waals surface area (Å²) in [7, 11) is 0. The second-order valence-corrected chi connectivity index (χ2v) is 5.73. The molecule has 0 unspecified atom stereocenters. The fraction of sp³-hybridized carbons (Fsp3) is 0.200. The van der Waals surface area contributed by atoms with Gasteiger partial charge in [0.05, 0.1) is 11.5 Å². The zero-order valence-corrected chi connectivity index (χ0v) is 12.7. The van der Waals surface area contributed by atoms with Crippen LogP contribution in [0.25, 0.3) is 0 Å². The average Bonchev–Trinajstić information content (AvgIpc) is 2.93. The number of nitrogens with one attached hydrogen (secondary N) is 1. The van der Waals surface area contributed by atoms with Crippen molar-refractivity contribution in [1.29, 1.82) is 0 Å². The summed E-state index contributed by atoms with van der Waals surface area (Å²) < 4.78 is 6.68. The molecule has 1 heterocycles. The van der Waals surface area contributed by atoms with Crippen LogP contribution in [-0.4, -0.2) is 11.5 Å². The maximum Gasteiger partial charge on any atom is 0.271 e. The van der Waals surface area contributed by atoms with Crippen LogP contribution in [0.15, 0.2) is 40.9 Å². The summed E-state index contributed by atoms with van der Waals surface area (Å²) in [5.74, 6) is 0.927. The van der Waals surface area contributed by atoms with Crippen LogP contribution in [0.2, 0.25) is 0 Å². The lowest BCUT2D eigenvalue weighted by Gasteiger charge is -2.11. The van der Waals surface area contributed by atoms with E-state index >= 15 is 0 Å². The third kappa shape index (κ3) is 3.00. The Balaban J connectivity index is 1.79. The van der Waals surface area contributed by atoms with Crippen molar-refractivity contribution in [3.8, 4) is 5.75 Å². The number of ether oxygens (including phenoxy) is 1. The molecule has 2 aromatic rings. The zero-order chi connectivity index (χ0) is 14.8. The summed E-state index contributed by atoms with van der Waals surface area (Å²) in [5, 5.41) is 14.0. The van der Waals surface area contributed by atoms with E-state index in [0.29, 0.717) is 13.2 Å². The van der Waals surface area contributed by atoms with Crippen LogP contribution in [0, 0.1) is 10.1 Å². The lowest BCUT2D eigenvalue weighted by atomic mass is 10.1. The normalized spacial score (nSPS) is 12.6. The third-order valence-electron chi connectivity index (χ3n) is 3.37. The highest BCUT2D eigenvalue weighted by atomic mass is 79.9. The predicted molar refractivity (Wildman–Crippen MR) is 83.8 cm³/mol. The van der Waals surface area contributed by atoms with Crippen molar-refractivity contribution in [2.24, 2.45) is 0 Å². The van der Waals surface area contributed by atoms with Crippen LogP contribution >= 0.6 is 15.9 Å². The molecule has 1 aliphatic rings. The molecule has 5 nitrogen and oxygen atoms in total. The fourth-order valence-corrected chi connectivity index (χ4v) is 2.96. The van der Waals surface area contributed by atoms with Gasteiger partial charge in [-0.05, 0) is 23.8 Å². The number of hydrogen-bond donors (Lipinski definition) is 1. The third-order valence-corrected chi connectivity index (χ3v) is 3.82. The minimum absolute atomic E-state index is 0.0794. The molecule has 0 atom stereocenters. The maximum absolute atomic E-state index is 10.8. The monoisotopic (exact) mass is 348 g/mol. The molecule has 0 amide bonds. The van der Waals surface area contributed by atoms with Gasteiger partial charge < -0.3 is 10.1 Å². The van der Waals surface area contributed by atoms with Gasteiger partial charge in [0.1, 0.15) is 5.75 Å². The first-order valence-corrected chi connectivity index (χ1v) is 7.35. The molecule has 0 spiro atoms. The number of fused-ring (bicyclic) bond motifs is 1. The van der Waals surface area contributed by atoms with Gasteiger partial charge in [-0.2, -0.15) is 0 Å². The van der Waals surface area contributed by atoms with E-state index in [1.807, 2.05) is 12.1 Å². The van der Waals surface area contributed by atoms with Crippen molar-refractivity contribution in [3.05, 3.63) is 62.1 Å². The second kappa shape index (κ2) is 5.73. The quantitative estimate of drug-likeness (QED) is 0.672. The summed E-state index contributed by atoms with van der Waals surface area (Å²) in [6.45, 7) is 1.26. The fourth-order valence-electron chi connectivity index (χ4n) is 2.40. The number of nitro benzene ring substituents is 1. The number of nitro groups is 1. The highest BCUT2D eigenvalue weighted by molar-refractivity contribution is 9.10. The molecular formula is C15H13BrN2O3. The molecule has 6 heteroatoms. The van der Waals surface area contributed by atoms with E-state index in [4.69, 9.17) is 4.74 Å². The first-order valence-electron chi connectivity index (χ1n) is 6.56. The van der Waals surface area contributed by atoms with Crippen molar-refractivity contribution in [1.82, 2.24) is 0 Å². The Morgan fingerprint density at radius 3 is 3.00 bits per heavy atom. The lowest BCUT2D eigenvalue weighted by Crippen LogP contribution is -2.02. The number of non-ortho nitro benzene ring substituents is 1. The Morgan fingerprint density at radius 1 is 1.33 bits per heavy atom. The molecule has 108 valence electrons. The number of benzene rings is 2. The van der Waals surface area contributed by atoms with Gasteiger partial charge in [-0.3, -0.25) is 10.1 Å². The van der Waals surface area contributed by atoms with Gasteiger partial charge in [-0.1, -0.05) is 22.0 Å². The molecule has 0 aromatic heterocycles. The first-order chi connectivity index (χ1) is 10.1. The van der Waals surface area contributed by atoms with Crippen molar-refractivity contribution >= 4 is 27.3 Å². The number of rotatable bonds is 4. The van der Waals surface area contributed by atoms with Crippen molar-refractivity contribution in [3.63, 3.8) is 0 Å². The van der Waals surface area contributed by atoms with Crippen molar-refractivity contribution in [2.75, 3.05) is 11.9 Å². The van der Waals surface area contributed by atoms with E-state index in [0.717, 1.165) is 27.9 Å². The predicted octanol–water partition coefficient (Wildman–Crippen LogP) is 3.90. The Morgan fingerprint density at radius 2 is 2.19 bits per heavy atom. The van der Waals surface area contributed by atoms with Crippen LogP contribution in [0.3, 0.4) is 0 Å². The molecule has 21 heavy (non-hydrogen) atoms. The van der Waals surface area contributed by atoms with E-state index in [-0.39, 0.29) is 5.69 Å². The Bertz CT molecular complexity index is 703. The van der Waals surface area contributed by atoms with Crippen molar-refractivity contribution < 1.29 is 9.66 Å². The average molecular weight is 349 g/mol. The summed E-state index contributed by atoms with van der Waals surface area (Å²) >= 11 is 3.50. The Labute approximate surface area is 130 Å². The van der Waals surface area contributed by atoms with Crippen molar-refractivity contribution in [2.45, 2.75) is 13.0 Å². The van der Waals surface area contributed by atoms with Gasteiger partial charge in [0.25, 0.3) is 5.69 Å². The lowest BCUT2D eigenvalue weighted by molar-refractivity contribution is -0.384. The zero-order valence-electron chi connectivity index (χ0n) is 11.1. The molecule has 0 bridgehead atoms. The highest BCUT2D eigenvalue weighted by Crippen LogP contribution is 2.33. The molecule has 1 aliphatic heterocycles. The van der Waals surface area contributed by atoms with E-state index in [1.165, 1.54) is 17.7 Å². The van der Waals surface area contributed by atoms with Crippen LogP contribution in [0.5, 0.6) is 5.75 Å². The molecule has 0 saturated carbocycles. The SMILES string of the molecule is O=[N+]([O-])c1cccc(NCc2cc(Br)cc3c2OCC3)c1. The van der Waals surface area contributed by atoms with E-state index < -0.39 is 4.92 Å². The van der Waals surface area contributed by atoms with Gasteiger partial charge >= 0.3 is 0 Å². The molecule has 0 radical (unpaired) electrons. The summed E-state index contributed by atoms with van der Waals surface area (Å²) in [4.78, 5) is 10.4. The summed E-state index contributed by atoms with van der Waals surface area (Å²) in [5.41, 5.74) is 3.04. The molecule has 0 fully saturated rings. The van der Waals surface area contributed by atoms with Gasteiger partial charge in [-0.25, -0.2) is 0 Å². The van der Waals surface area contributed by atoms with E-state index in [2.05, 4.69) is 27.3 Å². The Kier molecular flexibility index (Phi) is 3.79. The van der Waals surface area contributed by atoms with Gasteiger partial charge in [-0.15, -0.1) is 0 Å². The summed E-state index contributed by atoms with van der Waals surface area (Å²) in [6, 6.07) is 10.6. The molecule has 3 rings (SSSR count). The summed E-state index contributed by atoms with van der Waals surface area (Å²) in [6.07, 6.45) is 0.915. The van der Waals surface area contributed by atoms with Gasteiger partial charge in [0.15, 0.2) is 0 Å². The van der Waals surface area contributed by atoms with E-state index in [9.17, 15) is 10.1 Å². The molecule has 2 aromatic carbocycles. The molecule has 1 N–H and O–H groups in total. The van der Waals surface area contributed by atoms with Crippen LogP contribution < -0.4 is 10.1 Å². The highest BCUT2D eigenvalue weighted by Gasteiger charge is 2.17. The number of halogens is 1. The second-order valence-electron chi connectivity index (χ2n) is 4.81. The molecule has 0 aliphatic carbocycles. The number of nitrogens with zero attached hydrogens (tertiary/aromatic N) is 1. The smallest absolute Gasteiger partial charge is 0.271 e. The largest absolute Gasteiger partial charge is 0.493 e. The van der Waals surface area contributed by atoms with Gasteiger partial charge in [0, 0.05) is 40.8 Å². The van der Waals surface area contributed by atoms with Crippen LogP contribution in [0.4, 0.5) is 11.4 Å². The molecular weight excluding hydrogens is 336 g/mol. The first kappa shape index (κ1) is 13.9. The minimum Gasteiger partial charge on any atom is -0.493 e. The van der Waals surface area contributed by atoms with Crippen LogP contribution in [-0.2, 0) is 13.0 Å². The number of anilines is 1. The van der Waals surface area contributed by atoms with E-state index in [1.54, 1.807) is 6.07 Å². The number of hydrogen-bond acceptors (Lipinski definition) is 4. The topological polar surface area (TPSA) is 64.4 Å². The van der Waals surface area contributed by atoms with Crippen LogP contribution in [0.1, 0.15) is 11.1 Å². The minimum atomic E-state index is -0.398. The molecule has 0 saturated heterocycles.